The summed E-state index contributed by atoms with van der Waals surface area (Å²) in [5.41, 5.74) is 0. The van der Waals surface area contributed by atoms with Gasteiger partial charge in [0.05, 0.1) is 0 Å². The van der Waals surface area contributed by atoms with Gasteiger partial charge in [-0.2, -0.15) is 12.6 Å². The van der Waals surface area contributed by atoms with Crippen LogP contribution in [0.5, 0.6) is 0 Å². The lowest BCUT2D eigenvalue weighted by Gasteiger charge is -1.97. The summed E-state index contributed by atoms with van der Waals surface area (Å²) in [6.45, 7) is 1.95. The lowest BCUT2D eigenvalue weighted by molar-refractivity contribution is 0.766. The molecule has 0 aliphatic rings. The summed E-state index contributed by atoms with van der Waals surface area (Å²) in [5.74, 6) is 2.66. The largest absolute Gasteiger partial charge is 0.309 e. The summed E-state index contributed by atoms with van der Waals surface area (Å²) in [7, 11) is 1.97. The van der Waals surface area contributed by atoms with Crippen LogP contribution in [0.15, 0.2) is 17.3 Å². The topological polar surface area (TPSA) is 30.7 Å². The minimum absolute atomic E-state index is 0.790. The monoisotopic (exact) mass is 215 g/mol. The number of hydrogen-bond donors (Lipinski definition) is 1. The van der Waals surface area contributed by atoms with E-state index in [1.54, 1.807) is 11.8 Å². The Morgan fingerprint density at radius 2 is 2.23 bits per heavy atom. The molecule has 0 radical (unpaired) electrons. The van der Waals surface area contributed by atoms with E-state index >= 15 is 0 Å². The van der Waals surface area contributed by atoms with Gasteiger partial charge < -0.3 is 4.57 Å². The predicted molar refractivity (Wildman–Crippen MR) is 59.5 cm³/mol. The average molecular weight is 215 g/mol. The van der Waals surface area contributed by atoms with Gasteiger partial charge in [-0.1, -0.05) is 23.9 Å². The summed E-state index contributed by atoms with van der Waals surface area (Å²) < 4.78 is 1.99. The molecule has 72 valence electrons. The summed E-state index contributed by atoms with van der Waals surface area (Å²) in [5, 5.41) is 8.96. The van der Waals surface area contributed by atoms with Gasteiger partial charge in [0.25, 0.3) is 0 Å². The van der Waals surface area contributed by atoms with E-state index < -0.39 is 0 Å². The van der Waals surface area contributed by atoms with E-state index in [-0.39, 0.29) is 0 Å². The molecule has 1 rings (SSSR count). The molecule has 0 fully saturated rings. The Balaban J connectivity index is 2.45. The van der Waals surface area contributed by atoms with Gasteiger partial charge in [-0.05, 0) is 6.92 Å². The van der Waals surface area contributed by atoms with E-state index in [2.05, 4.69) is 28.9 Å². The Bertz CT molecular complexity index is 294. The highest BCUT2D eigenvalue weighted by Crippen LogP contribution is 2.14. The van der Waals surface area contributed by atoms with E-state index in [1.165, 1.54) is 0 Å². The molecule has 0 atom stereocenters. The Hall–Kier alpha value is -0.420. The second-order valence-electron chi connectivity index (χ2n) is 2.55. The SMILES string of the molecule is Cc1nnc(SCC=CCS)n1C. The molecule has 0 unspecified atom stereocenters. The maximum Gasteiger partial charge on any atom is 0.191 e. The molecule has 0 spiro atoms. The molecule has 0 saturated heterocycles. The summed E-state index contributed by atoms with van der Waals surface area (Å²) in [6, 6.07) is 0. The maximum atomic E-state index is 4.08. The van der Waals surface area contributed by atoms with E-state index in [9.17, 15) is 0 Å². The average Bonchev–Trinajstić information content (AvgIpc) is 2.43. The smallest absolute Gasteiger partial charge is 0.191 e. The van der Waals surface area contributed by atoms with Gasteiger partial charge in [-0.25, -0.2) is 0 Å². The first-order chi connectivity index (χ1) is 6.25. The summed E-state index contributed by atoms with van der Waals surface area (Å²) in [4.78, 5) is 0. The molecular weight excluding hydrogens is 202 g/mol. The zero-order valence-corrected chi connectivity index (χ0v) is 9.48. The Labute approximate surface area is 88.0 Å². The summed E-state index contributed by atoms with van der Waals surface area (Å²) >= 11 is 5.75. The molecule has 1 aromatic heterocycles. The minimum Gasteiger partial charge on any atom is -0.309 e. The molecule has 0 aliphatic carbocycles. The third kappa shape index (κ3) is 3.08. The van der Waals surface area contributed by atoms with Crippen LogP contribution in [0.4, 0.5) is 0 Å². The van der Waals surface area contributed by atoms with Crippen LogP contribution < -0.4 is 0 Å². The Morgan fingerprint density at radius 3 is 2.77 bits per heavy atom. The van der Waals surface area contributed by atoms with Crippen molar-refractivity contribution in [1.29, 1.82) is 0 Å². The van der Waals surface area contributed by atoms with Gasteiger partial charge in [0.1, 0.15) is 5.82 Å². The van der Waals surface area contributed by atoms with Crippen molar-refractivity contribution in [2.75, 3.05) is 11.5 Å². The van der Waals surface area contributed by atoms with Crippen molar-refractivity contribution in [3.05, 3.63) is 18.0 Å². The second-order valence-corrected chi connectivity index (χ2v) is 3.91. The minimum atomic E-state index is 0.790. The van der Waals surface area contributed by atoms with Crippen LogP contribution in [0.2, 0.25) is 0 Å². The van der Waals surface area contributed by atoms with Gasteiger partial charge in [-0.15, -0.1) is 10.2 Å². The van der Waals surface area contributed by atoms with Crippen LogP contribution in [0.1, 0.15) is 5.82 Å². The fourth-order valence-corrected chi connectivity index (χ4v) is 1.73. The normalized spacial score (nSPS) is 11.3. The Kier molecular flexibility index (Phi) is 4.38. The number of aryl methyl sites for hydroxylation is 1. The van der Waals surface area contributed by atoms with Crippen LogP contribution in [0.25, 0.3) is 0 Å². The standard InChI is InChI=1S/C8H13N3S2/c1-7-9-10-8(11(7)2)13-6-4-3-5-12/h3-4,12H,5-6H2,1-2H3. The zero-order valence-electron chi connectivity index (χ0n) is 7.77. The van der Waals surface area contributed by atoms with E-state index in [0.717, 1.165) is 22.5 Å². The molecule has 1 aromatic rings. The molecule has 5 heteroatoms. The molecular formula is C8H13N3S2. The number of rotatable bonds is 4. The van der Waals surface area contributed by atoms with Crippen LogP contribution in [0.3, 0.4) is 0 Å². The number of hydrogen-bond acceptors (Lipinski definition) is 4. The van der Waals surface area contributed by atoms with Crippen LogP contribution in [-0.4, -0.2) is 26.3 Å². The van der Waals surface area contributed by atoms with Crippen molar-refractivity contribution in [2.45, 2.75) is 12.1 Å². The lowest BCUT2D eigenvalue weighted by atomic mass is 10.6. The molecule has 0 amide bonds. The Morgan fingerprint density at radius 1 is 1.46 bits per heavy atom. The molecule has 0 bridgehead atoms. The maximum absolute atomic E-state index is 4.08. The fraction of sp³-hybridized carbons (Fsp3) is 0.500. The van der Waals surface area contributed by atoms with Gasteiger partial charge in [0.2, 0.25) is 0 Å². The van der Waals surface area contributed by atoms with Gasteiger partial charge in [-0.3, -0.25) is 0 Å². The van der Waals surface area contributed by atoms with Crippen LogP contribution in [0, 0.1) is 6.92 Å². The number of thiol groups is 1. The van der Waals surface area contributed by atoms with Crippen molar-refractivity contribution in [2.24, 2.45) is 7.05 Å². The van der Waals surface area contributed by atoms with Crippen LogP contribution in [-0.2, 0) is 7.05 Å². The molecule has 0 saturated carbocycles. The van der Waals surface area contributed by atoms with Crippen LogP contribution >= 0.6 is 24.4 Å². The number of nitrogens with zero attached hydrogens (tertiary/aromatic N) is 3. The van der Waals surface area contributed by atoms with Crippen molar-refractivity contribution < 1.29 is 0 Å². The highest BCUT2D eigenvalue weighted by Gasteiger charge is 2.02. The van der Waals surface area contributed by atoms with E-state index in [1.807, 2.05) is 24.6 Å². The van der Waals surface area contributed by atoms with Crippen molar-refractivity contribution >= 4 is 24.4 Å². The molecule has 0 aliphatic heterocycles. The molecule has 0 N–H and O–H groups in total. The molecule has 3 nitrogen and oxygen atoms in total. The molecule has 0 aromatic carbocycles. The second kappa shape index (κ2) is 5.34. The summed E-state index contributed by atoms with van der Waals surface area (Å²) in [6.07, 6.45) is 4.11. The first kappa shape index (κ1) is 10.7. The first-order valence-electron chi connectivity index (χ1n) is 4.00. The van der Waals surface area contributed by atoms with Gasteiger partial charge >= 0.3 is 0 Å². The van der Waals surface area contributed by atoms with Gasteiger partial charge in [0, 0.05) is 18.6 Å². The van der Waals surface area contributed by atoms with Crippen molar-refractivity contribution in [1.82, 2.24) is 14.8 Å². The third-order valence-electron chi connectivity index (χ3n) is 1.63. The predicted octanol–water partition coefficient (Wildman–Crippen LogP) is 1.70. The lowest BCUT2D eigenvalue weighted by Crippen LogP contribution is -1.93. The highest BCUT2D eigenvalue weighted by atomic mass is 32.2. The van der Waals surface area contributed by atoms with Crippen molar-refractivity contribution in [3.8, 4) is 0 Å². The number of thioether (sulfide) groups is 1. The number of aromatic nitrogens is 3. The molecule has 13 heavy (non-hydrogen) atoms. The molecule has 1 heterocycles. The van der Waals surface area contributed by atoms with Crippen molar-refractivity contribution in [3.63, 3.8) is 0 Å². The highest BCUT2D eigenvalue weighted by molar-refractivity contribution is 7.99. The van der Waals surface area contributed by atoms with E-state index in [0.29, 0.717) is 0 Å². The fourth-order valence-electron chi connectivity index (χ4n) is 0.779. The third-order valence-corrected chi connectivity index (χ3v) is 2.82. The first-order valence-corrected chi connectivity index (χ1v) is 5.62. The van der Waals surface area contributed by atoms with E-state index in [4.69, 9.17) is 0 Å². The zero-order chi connectivity index (χ0) is 9.68. The quantitative estimate of drug-likeness (QED) is 0.471. The van der Waals surface area contributed by atoms with Gasteiger partial charge in [0.15, 0.2) is 5.16 Å².